The number of aliphatic hydroxyl groups excluding tert-OH is 2. The third-order valence-corrected chi connectivity index (χ3v) is 14.2. The highest BCUT2D eigenvalue weighted by molar-refractivity contribution is 5.89. The largest absolute Gasteiger partial charge is 0.456 e. The van der Waals surface area contributed by atoms with Crippen LogP contribution >= 0.6 is 0 Å². The van der Waals surface area contributed by atoms with Crippen LogP contribution in [-0.4, -0.2) is 83.9 Å². The van der Waals surface area contributed by atoms with E-state index < -0.39 is 54.6 Å². The summed E-state index contributed by atoms with van der Waals surface area (Å²) in [5, 5.41) is 24.8. The molecule has 0 radical (unpaired) electrons. The van der Waals surface area contributed by atoms with Crippen molar-refractivity contribution in [3.8, 4) is 0 Å². The predicted octanol–water partition coefficient (Wildman–Crippen LogP) is 14.4. The molecule has 1 aromatic rings. The highest BCUT2D eigenvalue weighted by Crippen LogP contribution is 2.38. The number of carbonyl (C=O) groups is 2. The van der Waals surface area contributed by atoms with Crippen LogP contribution in [-0.2, 0) is 28.5 Å². The molecule has 1 aromatic carbocycles. The maximum atomic E-state index is 13.7. The van der Waals surface area contributed by atoms with Gasteiger partial charge in [-0.25, -0.2) is 4.79 Å². The number of rotatable bonds is 44. The first-order valence-electron chi connectivity index (χ1n) is 28.7. The minimum absolute atomic E-state index is 0.0717. The van der Waals surface area contributed by atoms with Crippen LogP contribution in [0.1, 0.15) is 269 Å². The number of nitrogens with one attached hydrogen (secondary N) is 1. The van der Waals surface area contributed by atoms with Crippen LogP contribution in [0.25, 0.3) is 0 Å². The first kappa shape index (κ1) is 60.2. The Balaban J connectivity index is 1.45. The van der Waals surface area contributed by atoms with Gasteiger partial charge < -0.3 is 39.2 Å². The van der Waals surface area contributed by atoms with Gasteiger partial charge >= 0.3 is 5.97 Å². The van der Waals surface area contributed by atoms with Gasteiger partial charge in [0.25, 0.3) is 0 Å². The fraction of sp³-hybridized carbons (Fsp3) is 0.862. The molecule has 1 amide bonds. The zero-order valence-electron chi connectivity index (χ0n) is 44.1. The van der Waals surface area contributed by atoms with E-state index in [9.17, 15) is 19.8 Å². The number of carbonyl (C=O) groups excluding carboxylic acids is 2. The SMILES string of the molecule is CCCCCCCCCCCCCCCCCCCCCCCC(=O)NC(CO[C@@H]1O[C@H](CO)[C@@H]2OC(C)(C)O[C@@H]2[C@H]1O)[C@@H](CCCCCCCCCCCCCCC)OC(=O)c1ccccc1. The second-order valence-corrected chi connectivity index (χ2v) is 21.0. The maximum absolute atomic E-state index is 13.7. The van der Waals surface area contributed by atoms with Gasteiger partial charge in [-0.2, -0.15) is 0 Å². The van der Waals surface area contributed by atoms with Crippen molar-refractivity contribution >= 4 is 11.9 Å². The topological polar surface area (TPSA) is 133 Å². The summed E-state index contributed by atoms with van der Waals surface area (Å²) in [5.74, 6) is -1.53. The van der Waals surface area contributed by atoms with Gasteiger partial charge in [-0.05, 0) is 45.2 Å². The fourth-order valence-electron chi connectivity index (χ4n) is 10.1. The molecule has 394 valence electrons. The molecule has 1 unspecified atom stereocenters. The van der Waals surface area contributed by atoms with Crippen molar-refractivity contribution in [1.29, 1.82) is 0 Å². The van der Waals surface area contributed by atoms with Crippen LogP contribution in [0.5, 0.6) is 0 Å². The number of fused-ring (bicyclic) bond motifs is 1. The van der Waals surface area contributed by atoms with E-state index in [0.29, 0.717) is 18.4 Å². The standard InChI is InChI=1S/C58H103NO9/c1-5-7-9-11-13-15-17-19-20-21-22-23-24-25-26-28-30-32-34-36-41-45-52(61)59-49(47-64-57-53(62)55-54(51(46-60)66-57)67-58(3,4)68-55)50(65-56(63)48-42-38-37-39-43-48)44-40-35-33-31-29-27-18-16-14-12-10-8-6-2/h37-39,42-43,49-51,53-55,57,60,62H,5-36,40-41,44-47H2,1-4H3,(H,59,61)/t49?,50-,51-,53-,54+,55-,57-/m1/s1. The number of aliphatic hydroxyl groups is 2. The molecule has 0 aliphatic carbocycles. The van der Waals surface area contributed by atoms with Crippen LogP contribution in [0.4, 0.5) is 0 Å². The van der Waals surface area contributed by atoms with Crippen LogP contribution in [0.3, 0.4) is 0 Å². The van der Waals surface area contributed by atoms with Crippen molar-refractivity contribution in [2.45, 2.75) is 307 Å². The molecule has 2 aliphatic heterocycles. The lowest BCUT2D eigenvalue weighted by atomic mass is 9.99. The van der Waals surface area contributed by atoms with Crippen LogP contribution in [0.15, 0.2) is 30.3 Å². The number of esters is 1. The molecule has 2 fully saturated rings. The van der Waals surface area contributed by atoms with Gasteiger partial charge in [-0.3, -0.25) is 4.79 Å². The number of ether oxygens (including phenoxy) is 5. The van der Waals surface area contributed by atoms with Crippen molar-refractivity contribution in [3.63, 3.8) is 0 Å². The fourth-order valence-corrected chi connectivity index (χ4v) is 10.1. The van der Waals surface area contributed by atoms with Crippen LogP contribution in [0, 0.1) is 0 Å². The van der Waals surface area contributed by atoms with Crippen LogP contribution in [0.2, 0.25) is 0 Å². The molecule has 0 spiro atoms. The number of hydrogen-bond donors (Lipinski definition) is 3. The summed E-state index contributed by atoms with van der Waals surface area (Å²) in [7, 11) is 0. The van der Waals surface area contributed by atoms with E-state index in [2.05, 4.69) is 19.2 Å². The van der Waals surface area contributed by atoms with Gasteiger partial charge in [0, 0.05) is 6.42 Å². The van der Waals surface area contributed by atoms with Gasteiger partial charge in [-0.1, -0.05) is 238 Å². The van der Waals surface area contributed by atoms with Crippen molar-refractivity contribution in [1.82, 2.24) is 5.32 Å². The quantitative estimate of drug-likeness (QED) is 0.0432. The van der Waals surface area contributed by atoms with E-state index in [-0.39, 0.29) is 19.1 Å². The Bertz CT molecular complexity index is 1360. The second kappa shape index (κ2) is 38.6. The summed E-state index contributed by atoms with van der Waals surface area (Å²) in [6.07, 6.45) is 39.2. The highest BCUT2D eigenvalue weighted by atomic mass is 16.8. The molecule has 2 saturated heterocycles. The van der Waals surface area contributed by atoms with E-state index in [4.69, 9.17) is 23.7 Å². The molecule has 68 heavy (non-hydrogen) atoms. The molecule has 0 aromatic heterocycles. The van der Waals surface area contributed by atoms with E-state index >= 15 is 0 Å². The van der Waals surface area contributed by atoms with E-state index in [1.807, 2.05) is 18.2 Å². The number of benzene rings is 1. The van der Waals surface area contributed by atoms with Crippen LogP contribution < -0.4 is 5.32 Å². The predicted molar refractivity (Wildman–Crippen MR) is 277 cm³/mol. The first-order valence-corrected chi connectivity index (χ1v) is 28.7. The lowest BCUT2D eigenvalue weighted by Crippen LogP contribution is -2.59. The van der Waals surface area contributed by atoms with Gasteiger partial charge in [0.1, 0.15) is 30.5 Å². The Kier molecular flexibility index (Phi) is 34.2. The third-order valence-electron chi connectivity index (χ3n) is 14.2. The van der Waals surface area contributed by atoms with Gasteiger partial charge in [-0.15, -0.1) is 0 Å². The van der Waals surface area contributed by atoms with E-state index in [1.165, 1.54) is 180 Å². The molecular weight excluding hydrogens is 855 g/mol. The smallest absolute Gasteiger partial charge is 0.338 e. The molecule has 3 rings (SSSR count). The summed E-state index contributed by atoms with van der Waals surface area (Å²) >= 11 is 0. The van der Waals surface area contributed by atoms with Crippen molar-refractivity contribution in [2.24, 2.45) is 0 Å². The summed E-state index contributed by atoms with van der Waals surface area (Å²) in [6.45, 7) is 7.65. The minimum Gasteiger partial charge on any atom is -0.456 e. The summed E-state index contributed by atoms with van der Waals surface area (Å²) in [6, 6.07) is 8.26. The van der Waals surface area contributed by atoms with E-state index in [1.54, 1.807) is 26.0 Å². The van der Waals surface area contributed by atoms with Gasteiger partial charge in [0.15, 0.2) is 12.1 Å². The van der Waals surface area contributed by atoms with Gasteiger partial charge in [0.2, 0.25) is 5.91 Å². The Morgan fingerprint density at radius 2 is 1.01 bits per heavy atom. The molecule has 10 nitrogen and oxygen atoms in total. The Morgan fingerprint density at radius 1 is 0.603 bits per heavy atom. The average molecular weight is 958 g/mol. The molecule has 2 aliphatic rings. The Morgan fingerprint density at radius 3 is 1.46 bits per heavy atom. The van der Waals surface area contributed by atoms with E-state index in [0.717, 1.165) is 38.5 Å². The third kappa shape index (κ3) is 26.9. The molecular formula is C58H103NO9. The minimum atomic E-state index is -1.20. The second-order valence-electron chi connectivity index (χ2n) is 21.0. The average Bonchev–Trinajstić information content (AvgIpc) is 3.68. The lowest BCUT2D eigenvalue weighted by Gasteiger charge is -2.40. The Hall–Kier alpha value is -2.08. The molecule has 3 N–H and O–H groups in total. The molecule has 7 atom stereocenters. The number of hydrogen-bond acceptors (Lipinski definition) is 9. The molecule has 10 heteroatoms. The first-order chi connectivity index (χ1) is 33.2. The Labute approximate surface area is 415 Å². The normalized spacial score (nSPS) is 20.8. The van der Waals surface area contributed by atoms with Crippen molar-refractivity contribution in [2.75, 3.05) is 13.2 Å². The number of unbranched alkanes of at least 4 members (excludes halogenated alkanes) is 32. The molecule has 0 saturated carbocycles. The molecule has 2 heterocycles. The highest BCUT2D eigenvalue weighted by Gasteiger charge is 2.55. The lowest BCUT2D eigenvalue weighted by molar-refractivity contribution is -0.284. The monoisotopic (exact) mass is 958 g/mol. The summed E-state index contributed by atoms with van der Waals surface area (Å²) in [4.78, 5) is 27.3. The zero-order valence-corrected chi connectivity index (χ0v) is 44.1. The number of amides is 1. The zero-order chi connectivity index (χ0) is 48.9. The summed E-state index contributed by atoms with van der Waals surface area (Å²) < 4.78 is 30.6. The van der Waals surface area contributed by atoms with Gasteiger partial charge in [0.05, 0.1) is 24.8 Å². The summed E-state index contributed by atoms with van der Waals surface area (Å²) in [5.41, 5.74) is 0.442. The van der Waals surface area contributed by atoms with Crippen molar-refractivity contribution < 1.29 is 43.5 Å². The van der Waals surface area contributed by atoms with Crippen molar-refractivity contribution in [3.05, 3.63) is 35.9 Å². The maximum Gasteiger partial charge on any atom is 0.338 e. The molecule has 0 bridgehead atoms.